The van der Waals surface area contributed by atoms with Crippen molar-refractivity contribution in [3.05, 3.63) is 24.3 Å². The molecule has 0 saturated carbocycles. The van der Waals surface area contributed by atoms with E-state index in [2.05, 4.69) is 0 Å². The highest BCUT2D eigenvalue weighted by atomic mass is 32.2. The molecule has 7 nitrogen and oxygen atoms in total. The standard InChI is InChI=1S/C9H11N3O4S/c10-9(13)8-5-12(17(11,14)15)6-3-1-2-4-7(6)16-8/h1-4,8H,5H2,(H2,10,13)(H2,11,14,15). The molecule has 8 heteroatoms. The van der Waals surface area contributed by atoms with Crippen molar-refractivity contribution in [2.75, 3.05) is 10.8 Å². The summed E-state index contributed by atoms with van der Waals surface area (Å²) >= 11 is 0. The molecule has 1 aliphatic rings. The normalized spacial score (nSPS) is 19.4. The SMILES string of the molecule is NC(=O)C1CN(S(N)(=O)=O)c2ccccc2O1. The summed E-state index contributed by atoms with van der Waals surface area (Å²) < 4.78 is 29.0. The maximum Gasteiger partial charge on any atom is 0.299 e. The first kappa shape index (κ1) is 11.7. The number of rotatable bonds is 2. The molecule has 92 valence electrons. The summed E-state index contributed by atoms with van der Waals surface area (Å²) in [7, 11) is -3.96. The van der Waals surface area contributed by atoms with Gasteiger partial charge in [-0.15, -0.1) is 0 Å². The Hall–Kier alpha value is -1.80. The molecule has 2 rings (SSSR count). The lowest BCUT2D eigenvalue weighted by Gasteiger charge is -2.32. The van der Waals surface area contributed by atoms with E-state index < -0.39 is 22.2 Å². The molecule has 17 heavy (non-hydrogen) atoms. The number of nitrogens with zero attached hydrogens (tertiary/aromatic N) is 1. The van der Waals surface area contributed by atoms with Crippen molar-refractivity contribution >= 4 is 21.8 Å². The fourth-order valence-corrected chi connectivity index (χ4v) is 2.36. The molecule has 0 bridgehead atoms. The molecule has 1 atom stereocenters. The van der Waals surface area contributed by atoms with Crippen LogP contribution in [0, 0.1) is 0 Å². The van der Waals surface area contributed by atoms with Gasteiger partial charge in [0.1, 0.15) is 5.75 Å². The molecule has 4 N–H and O–H groups in total. The smallest absolute Gasteiger partial charge is 0.299 e. The van der Waals surface area contributed by atoms with Gasteiger partial charge >= 0.3 is 0 Å². The first-order valence-electron chi connectivity index (χ1n) is 4.75. The zero-order valence-electron chi connectivity index (χ0n) is 8.74. The molecule has 1 heterocycles. The summed E-state index contributed by atoms with van der Waals surface area (Å²) in [5.41, 5.74) is 5.40. The van der Waals surface area contributed by atoms with Crippen molar-refractivity contribution in [3.63, 3.8) is 0 Å². The van der Waals surface area contributed by atoms with Crippen LogP contribution in [0.15, 0.2) is 24.3 Å². The minimum Gasteiger partial charge on any atom is -0.476 e. The van der Waals surface area contributed by atoms with Crippen molar-refractivity contribution in [1.29, 1.82) is 0 Å². The van der Waals surface area contributed by atoms with Crippen molar-refractivity contribution < 1.29 is 17.9 Å². The Balaban J connectivity index is 2.50. The summed E-state index contributed by atoms with van der Waals surface area (Å²) in [5.74, 6) is -0.482. The fourth-order valence-electron chi connectivity index (χ4n) is 1.59. The maximum absolute atomic E-state index is 11.4. The number of fused-ring (bicyclic) bond motifs is 1. The van der Waals surface area contributed by atoms with E-state index in [0.29, 0.717) is 5.69 Å². The summed E-state index contributed by atoms with van der Waals surface area (Å²) in [5, 5.41) is 5.08. The van der Waals surface area contributed by atoms with Crippen LogP contribution in [0.25, 0.3) is 0 Å². The first-order valence-corrected chi connectivity index (χ1v) is 6.25. The van der Waals surface area contributed by atoms with E-state index in [4.69, 9.17) is 15.6 Å². The zero-order valence-corrected chi connectivity index (χ0v) is 9.55. The number of hydrogen-bond acceptors (Lipinski definition) is 4. The minimum absolute atomic E-state index is 0.217. The van der Waals surface area contributed by atoms with Crippen molar-refractivity contribution in [2.24, 2.45) is 10.9 Å². The quantitative estimate of drug-likeness (QED) is 0.702. The van der Waals surface area contributed by atoms with Gasteiger partial charge in [0, 0.05) is 0 Å². The van der Waals surface area contributed by atoms with Crippen LogP contribution in [-0.2, 0) is 15.0 Å². The number of carbonyl (C=O) groups excluding carboxylic acids is 1. The number of primary amides is 1. The topological polar surface area (TPSA) is 116 Å². The van der Waals surface area contributed by atoms with Crippen LogP contribution in [0.2, 0.25) is 0 Å². The molecular formula is C9H11N3O4S. The average Bonchev–Trinajstić information content (AvgIpc) is 2.26. The number of nitrogens with two attached hydrogens (primary N) is 2. The van der Waals surface area contributed by atoms with Crippen molar-refractivity contribution in [2.45, 2.75) is 6.10 Å². The number of para-hydroxylation sites is 2. The van der Waals surface area contributed by atoms with Crippen LogP contribution in [-0.4, -0.2) is 27.0 Å². The third kappa shape index (κ3) is 2.17. The Bertz CT molecular complexity index is 557. The van der Waals surface area contributed by atoms with E-state index in [9.17, 15) is 13.2 Å². The Morgan fingerprint density at radius 1 is 1.41 bits per heavy atom. The molecule has 1 unspecified atom stereocenters. The van der Waals surface area contributed by atoms with Gasteiger partial charge in [0.25, 0.3) is 16.1 Å². The number of hydrogen-bond donors (Lipinski definition) is 2. The molecular weight excluding hydrogens is 246 g/mol. The Kier molecular flexibility index (Phi) is 2.68. The molecule has 0 radical (unpaired) electrons. The number of amides is 1. The third-order valence-electron chi connectivity index (χ3n) is 2.36. The van der Waals surface area contributed by atoms with Gasteiger partial charge in [-0.1, -0.05) is 12.1 Å². The summed E-state index contributed by atoms with van der Waals surface area (Å²) in [4.78, 5) is 11.1. The number of carbonyl (C=O) groups is 1. The zero-order chi connectivity index (χ0) is 12.6. The lowest BCUT2D eigenvalue weighted by molar-refractivity contribution is -0.124. The van der Waals surface area contributed by atoms with Gasteiger partial charge in [-0.3, -0.25) is 4.79 Å². The molecule has 0 aromatic heterocycles. The van der Waals surface area contributed by atoms with E-state index in [1.807, 2.05) is 0 Å². The Morgan fingerprint density at radius 2 is 2.06 bits per heavy atom. The van der Waals surface area contributed by atoms with Gasteiger partial charge in [-0.25, -0.2) is 9.44 Å². The lowest BCUT2D eigenvalue weighted by atomic mass is 10.2. The second-order valence-electron chi connectivity index (χ2n) is 3.55. The molecule has 0 saturated heterocycles. The predicted molar refractivity (Wildman–Crippen MR) is 60.5 cm³/mol. The van der Waals surface area contributed by atoms with E-state index in [1.165, 1.54) is 6.07 Å². The number of benzene rings is 1. The van der Waals surface area contributed by atoms with Crippen LogP contribution in [0.1, 0.15) is 0 Å². The summed E-state index contributed by atoms with van der Waals surface area (Å²) in [6.45, 7) is -0.217. The van der Waals surface area contributed by atoms with Crippen molar-refractivity contribution in [3.8, 4) is 5.75 Å². The fraction of sp³-hybridized carbons (Fsp3) is 0.222. The van der Waals surface area contributed by atoms with Crippen LogP contribution in [0.3, 0.4) is 0 Å². The summed E-state index contributed by atoms with van der Waals surface area (Å²) in [6, 6.07) is 6.38. The molecule has 1 aromatic carbocycles. The molecule has 1 aromatic rings. The highest BCUT2D eigenvalue weighted by Gasteiger charge is 2.33. The largest absolute Gasteiger partial charge is 0.476 e. The third-order valence-corrected chi connectivity index (χ3v) is 3.32. The minimum atomic E-state index is -3.96. The van der Waals surface area contributed by atoms with Gasteiger partial charge < -0.3 is 10.5 Å². The molecule has 1 aliphatic heterocycles. The van der Waals surface area contributed by atoms with Gasteiger partial charge in [0.15, 0.2) is 6.10 Å². The Morgan fingerprint density at radius 3 is 2.65 bits per heavy atom. The van der Waals surface area contributed by atoms with E-state index in [-0.39, 0.29) is 12.3 Å². The Labute approximate surface area is 98.1 Å². The second-order valence-corrected chi connectivity index (χ2v) is 5.02. The number of ether oxygens (including phenoxy) is 1. The average molecular weight is 257 g/mol. The molecule has 0 spiro atoms. The van der Waals surface area contributed by atoms with Crippen LogP contribution in [0.4, 0.5) is 5.69 Å². The first-order chi connectivity index (χ1) is 7.89. The van der Waals surface area contributed by atoms with Crippen LogP contribution < -0.4 is 19.9 Å². The molecule has 1 amide bonds. The lowest BCUT2D eigenvalue weighted by Crippen LogP contribution is -2.51. The van der Waals surface area contributed by atoms with Crippen LogP contribution in [0.5, 0.6) is 5.75 Å². The van der Waals surface area contributed by atoms with Gasteiger partial charge in [-0.2, -0.15) is 8.42 Å². The maximum atomic E-state index is 11.4. The van der Waals surface area contributed by atoms with Crippen molar-refractivity contribution in [1.82, 2.24) is 0 Å². The van der Waals surface area contributed by atoms with E-state index in [0.717, 1.165) is 4.31 Å². The van der Waals surface area contributed by atoms with E-state index >= 15 is 0 Å². The second kappa shape index (κ2) is 3.90. The van der Waals surface area contributed by atoms with Gasteiger partial charge in [-0.05, 0) is 12.1 Å². The van der Waals surface area contributed by atoms with Gasteiger partial charge in [0.05, 0.1) is 12.2 Å². The monoisotopic (exact) mass is 257 g/mol. The molecule has 0 fully saturated rings. The van der Waals surface area contributed by atoms with Crippen LogP contribution >= 0.6 is 0 Å². The summed E-state index contributed by atoms with van der Waals surface area (Å²) in [6.07, 6.45) is -1.04. The predicted octanol–water partition coefficient (Wildman–Crippen LogP) is -1.06. The van der Waals surface area contributed by atoms with E-state index in [1.54, 1.807) is 18.2 Å². The highest BCUT2D eigenvalue weighted by molar-refractivity contribution is 7.90. The number of anilines is 1. The molecule has 0 aliphatic carbocycles. The van der Waals surface area contributed by atoms with Gasteiger partial charge in [0.2, 0.25) is 0 Å². The highest BCUT2D eigenvalue weighted by Crippen LogP contribution is 2.33.